The molecule has 2 rings (SSSR count). The third-order valence-electron chi connectivity index (χ3n) is 3.57. The van der Waals surface area contributed by atoms with Crippen LogP contribution in [-0.4, -0.2) is 36.4 Å². The fourth-order valence-corrected chi connectivity index (χ4v) is 3.60. The molecule has 1 aliphatic rings. The van der Waals surface area contributed by atoms with Crippen molar-refractivity contribution >= 4 is 17.3 Å². The van der Waals surface area contributed by atoms with Crippen molar-refractivity contribution < 1.29 is 19.4 Å². The van der Waals surface area contributed by atoms with E-state index < -0.39 is 11.6 Å². The van der Waals surface area contributed by atoms with Gasteiger partial charge in [-0.2, -0.15) is 0 Å². The number of aromatic carboxylic acids is 1. The lowest BCUT2D eigenvalue weighted by Crippen LogP contribution is -2.35. The summed E-state index contributed by atoms with van der Waals surface area (Å²) in [5.41, 5.74) is 0.193. The Bertz CT molecular complexity index is 478. The minimum absolute atomic E-state index is 0.344. The number of ether oxygens (including phenoxy) is 2. The number of hydrogen-bond acceptors (Lipinski definition) is 5. The largest absolute Gasteiger partial charge is 0.477 e. The summed E-state index contributed by atoms with van der Waals surface area (Å²) in [6.07, 6.45) is 2.11. The molecule has 1 saturated heterocycles. The van der Waals surface area contributed by atoms with Crippen LogP contribution >= 0.6 is 11.3 Å². The minimum atomic E-state index is -0.900. The van der Waals surface area contributed by atoms with Gasteiger partial charge in [0.1, 0.15) is 15.5 Å². The fourth-order valence-electron chi connectivity index (χ4n) is 2.45. The number of carboxylic acids is 1. The Morgan fingerprint density at radius 1 is 1.50 bits per heavy atom. The minimum Gasteiger partial charge on any atom is -0.477 e. The molecule has 1 N–H and O–H groups in total. The lowest BCUT2D eigenvalue weighted by atomic mass is 9.95. The molecule has 1 aliphatic heterocycles. The topological polar surface area (TPSA) is 68.7 Å². The fraction of sp³-hybridized carbons (Fsp3) is 0.714. The van der Waals surface area contributed by atoms with Gasteiger partial charge in [0.15, 0.2) is 0 Å². The van der Waals surface area contributed by atoms with Gasteiger partial charge in [-0.3, -0.25) is 0 Å². The van der Waals surface area contributed by atoms with E-state index in [-0.39, 0.29) is 0 Å². The number of carbonyl (C=O) groups is 1. The molecule has 6 heteroatoms. The third kappa shape index (κ3) is 3.02. The highest BCUT2D eigenvalue weighted by molar-refractivity contribution is 7.13. The number of rotatable bonds is 5. The van der Waals surface area contributed by atoms with E-state index in [0.717, 1.165) is 17.8 Å². The quantitative estimate of drug-likeness (QED) is 0.905. The van der Waals surface area contributed by atoms with E-state index in [1.807, 2.05) is 0 Å². The first-order valence-electron chi connectivity index (χ1n) is 6.85. The second-order valence-electron chi connectivity index (χ2n) is 5.51. The normalized spacial score (nSPS) is 18.4. The van der Waals surface area contributed by atoms with E-state index in [1.165, 1.54) is 11.3 Å². The van der Waals surface area contributed by atoms with Gasteiger partial charge in [0, 0.05) is 33.2 Å². The number of aromatic nitrogens is 1. The molecule has 1 aromatic heterocycles. The molecule has 0 unspecified atom stereocenters. The van der Waals surface area contributed by atoms with Gasteiger partial charge in [0.05, 0.1) is 5.69 Å². The highest BCUT2D eigenvalue weighted by Gasteiger charge is 2.38. The molecule has 1 aromatic rings. The second kappa shape index (κ2) is 6.20. The maximum absolute atomic E-state index is 11.4. The summed E-state index contributed by atoms with van der Waals surface area (Å²) in [4.78, 5) is 16.3. The predicted octanol–water partition coefficient (Wildman–Crippen LogP) is 2.69. The van der Waals surface area contributed by atoms with Crippen LogP contribution in [0.15, 0.2) is 0 Å². The molecule has 0 atom stereocenters. The van der Waals surface area contributed by atoms with Gasteiger partial charge in [0.25, 0.3) is 0 Å². The van der Waals surface area contributed by atoms with Crippen molar-refractivity contribution in [3.05, 3.63) is 15.6 Å². The highest BCUT2D eigenvalue weighted by Crippen LogP contribution is 2.39. The summed E-state index contributed by atoms with van der Waals surface area (Å²) < 4.78 is 11.1. The van der Waals surface area contributed by atoms with Gasteiger partial charge in [-0.25, -0.2) is 9.78 Å². The van der Waals surface area contributed by atoms with Crippen LogP contribution in [0.1, 0.15) is 47.1 Å². The first kappa shape index (κ1) is 15.4. The number of methoxy groups -OCH3 is 1. The Morgan fingerprint density at radius 3 is 2.65 bits per heavy atom. The Hall–Kier alpha value is -0.980. The van der Waals surface area contributed by atoms with Gasteiger partial charge < -0.3 is 14.6 Å². The molecule has 5 nitrogen and oxygen atoms in total. The summed E-state index contributed by atoms with van der Waals surface area (Å²) in [7, 11) is 1.66. The van der Waals surface area contributed by atoms with E-state index in [0.29, 0.717) is 36.1 Å². The molecule has 0 spiro atoms. The van der Waals surface area contributed by atoms with E-state index in [1.54, 1.807) is 7.11 Å². The van der Waals surface area contributed by atoms with Gasteiger partial charge in [-0.1, -0.05) is 13.8 Å². The van der Waals surface area contributed by atoms with Crippen molar-refractivity contribution in [2.24, 2.45) is 5.92 Å². The Morgan fingerprint density at radius 2 is 2.15 bits per heavy atom. The van der Waals surface area contributed by atoms with Crippen molar-refractivity contribution in [1.82, 2.24) is 4.98 Å². The first-order valence-corrected chi connectivity index (χ1v) is 7.66. The zero-order chi connectivity index (χ0) is 14.8. The lowest BCUT2D eigenvalue weighted by Gasteiger charge is -2.33. The van der Waals surface area contributed by atoms with Crippen molar-refractivity contribution in [2.75, 3.05) is 20.3 Å². The molecule has 0 bridgehead atoms. The molecular weight excluding hydrogens is 278 g/mol. The summed E-state index contributed by atoms with van der Waals surface area (Å²) >= 11 is 1.25. The number of thiazole rings is 1. The average Bonchev–Trinajstić information content (AvgIpc) is 2.83. The number of carboxylic acid groups (broad SMARTS) is 1. The SMILES string of the molecule is COC1(c2nc(CC(C)C)c(C(=O)O)s2)CCOCC1. The molecule has 1 fully saturated rings. The summed E-state index contributed by atoms with van der Waals surface area (Å²) in [6.45, 7) is 5.36. The second-order valence-corrected chi connectivity index (χ2v) is 6.51. The maximum atomic E-state index is 11.4. The van der Waals surface area contributed by atoms with Crippen LogP contribution in [0.2, 0.25) is 0 Å². The zero-order valence-electron chi connectivity index (χ0n) is 12.1. The number of nitrogens with zero attached hydrogens (tertiary/aromatic N) is 1. The predicted molar refractivity (Wildman–Crippen MR) is 76.4 cm³/mol. The van der Waals surface area contributed by atoms with Crippen LogP contribution in [0.4, 0.5) is 0 Å². The van der Waals surface area contributed by atoms with Crippen LogP contribution in [0.25, 0.3) is 0 Å². The number of hydrogen-bond donors (Lipinski definition) is 1. The Labute approximate surface area is 122 Å². The van der Waals surface area contributed by atoms with Crippen molar-refractivity contribution in [3.63, 3.8) is 0 Å². The summed E-state index contributed by atoms with van der Waals surface area (Å²) in [5.74, 6) is -0.529. The maximum Gasteiger partial charge on any atom is 0.347 e. The Balaban J connectivity index is 2.38. The molecule has 0 amide bonds. The Kier molecular flexibility index (Phi) is 4.78. The van der Waals surface area contributed by atoms with Gasteiger partial charge in [-0.15, -0.1) is 11.3 Å². The lowest BCUT2D eigenvalue weighted by molar-refractivity contribution is -0.0949. The molecule has 112 valence electrons. The van der Waals surface area contributed by atoms with Gasteiger partial charge in [-0.05, 0) is 12.3 Å². The van der Waals surface area contributed by atoms with E-state index >= 15 is 0 Å². The van der Waals surface area contributed by atoms with Gasteiger partial charge >= 0.3 is 5.97 Å². The standard InChI is InChI=1S/C14H21NO4S/c1-9(2)8-10-11(12(16)17)20-13(15-10)14(18-3)4-6-19-7-5-14/h9H,4-8H2,1-3H3,(H,16,17). The van der Waals surface area contributed by atoms with Crippen molar-refractivity contribution in [2.45, 2.75) is 38.7 Å². The van der Waals surface area contributed by atoms with Crippen LogP contribution in [0.5, 0.6) is 0 Å². The van der Waals surface area contributed by atoms with Crippen LogP contribution in [0.3, 0.4) is 0 Å². The molecule has 0 aliphatic carbocycles. The summed E-state index contributed by atoms with van der Waals surface area (Å²) in [5, 5.41) is 10.1. The van der Waals surface area contributed by atoms with E-state index in [2.05, 4.69) is 18.8 Å². The zero-order valence-corrected chi connectivity index (χ0v) is 13.0. The molecule has 0 aromatic carbocycles. The van der Waals surface area contributed by atoms with Crippen molar-refractivity contribution in [3.8, 4) is 0 Å². The smallest absolute Gasteiger partial charge is 0.347 e. The van der Waals surface area contributed by atoms with Crippen molar-refractivity contribution in [1.29, 1.82) is 0 Å². The first-order chi connectivity index (χ1) is 9.48. The molecular formula is C14H21NO4S. The molecule has 2 heterocycles. The van der Waals surface area contributed by atoms with Gasteiger partial charge in [0.2, 0.25) is 0 Å². The van der Waals surface area contributed by atoms with E-state index in [4.69, 9.17) is 9.47 Å². The third-order valence-corrected chi connectivity index (χ3v) is 4.85. The van der Waals surface area contributed by atoms with Crippen LogP contribution in [-0.2, 0) is 21.5 Å². The molecule has 0 radical (unpaired) electrons. The average molecular weight is 299 g/mol. The monoisotopic (exact) mass is 299 g/mol. The molecule has 20 heavy (non-hydrogen) atoms. The van der Waals surface area contributed by atoms with Crippen LogP contribution in [0, 0.1) is 5.92 Å². The van der Waals surface area contributed by atoms with Crippen LogP contribution < -0.4 is 0 Å². The highest BCUT2D eigenvalue weighted by atomic mass is 32.1. The molecule has 0 saturated carbocycles. The van der Waals surface area contributed by atoms with E-state index in [9.17, 15) is 9.90 Å². The summed E-state index contributed by atoms with van der Waals surface area (Å²) in [6, 6.07) is 0.